The van der Waals surface area contributed by atoms with Crippen molar-refractivity contribution in [2.45, 2.75) is 43.9 Å². The molecule has 2 saturated heterocycles. The topological polar surface area (TPSA) is 85.8 Å². The number of amides is 2. The first-order valence-corrected chi connectivity index (χ1v) is 13.4. The van der Waals surface area contributed by atoms with Gasteiger partial charge >= 0.3 is 6.18 Å². The van der Waals surface area contributed by atoms with E-state index in [1.165, 1.54) is 7.05 Å². The molecule has 218 valence electrons. The lowest BCUT2D eigenvalue weighted by atomic mass is 9.82. The Morgan fingerprint density at radius 3 is 2.05 bits per heavy atom. The van der Waals surface area contributed by atoms with E-state index in [0.29, 0.717) is 48.3 Å². The van der Waals surface area contributed by atoms with Gasteiger partial charge in [-0.1, -0.05) is 11.6 Å². The molecule has 40 heavy (non-hydrogen) atoms. The van der Waals surface area contributed by atoms with Gasteiger partial charge in [0.25, 0.3) is 17.4 Å². The summed E-state index contributed by atoms with van der Waals surface area (Å²) in [6, 6.07) is 4.41. The third kappa shape index (κ3) is 6.17. The van der Waals surface area contributed by atoms with Crippen molar-refractivity contribution in [3.05, 3.63) is 58.2 Å². The Labute approximate surface area is 233 Å². The van der Waals surface area contributed by atoms with Crippen molar-refractivity contribution in [3.63, 3.8) is 0 Å². The van der Waals surface area contributed by atoms with E-state index in [4.69, 9.17) is 11.6 Å². The van der Waals surface area contributed by atoms with Crippen molar-refractivity contribution < 1.29 is 36.6 Å². The van der Waals surface area contributed by atoms with Crippen molar-refractivity contribution in [1.29, 1.82) is 0 Å². The first-order chi connectivity index (χ1) is 18.8. The monoisotopic (exact) mass is 588 g/mol. The maximum Gasteiger partial charge on any atom is 0.430 e. The minimum absolute atomic E-state index is 0.00135. The zero-order chi connectivity index (χ0) is 29.2. The second kappa shape index (κ2) is 11.9. The Morgan fingerprint density at radius 2 is 1.55 bits per heavy atom. The smallest absolute Gasteiger partial charge is 0.368 e. The highest BCUT2D eigenvalue weighted by Gasteiger charge is 2.62. The van der Waals surface area contributed by atoms with E-state index in [2.05, 4.69) is 15.2 Å². The van der Waals surface area contributed by atoms with E-state index in [-0.39, 0.29) is 30.1 Å². The van der Waals surface area contributed by atoms with Crippen LogP contribution in [-0.2, 0) is 10.4 Å². The third-order valence-electron chi connectivity index (χ3n) is 7.81. The van der Waals surface area contributed by atoms with E-state index < -0.39 is 34.9 Å². The van der Waals surface area contributed by atoms with Crippen LogP contribution >= 0.6 is 11.6 Å². The summed E-state index contributed by atoms with van der Waals surface area (Å²) in [7, 11) is 1.51. The van der Waals surface area contributed by atoms with E-state index in [1.54, 1.807) is 12.1 Å². The molecule has 1 aromatic heterocycles. The summed E-state index contributed by atoms with van der Waals surface area (Å²) in [6.07, 6.45) is -1.98. The number of aliphatic hydroxyl groups is 1. The highest BCUT2D eigenvalue weighted by molar-refractivity contribution is 6.32. The molecular formula is C27H30ClF5N4O3. The number of likely N-dealkylation sites (tertiary alicyclic amines) is 1. The maximum absolute atomic E-state index is 13.9. The van der Waals surface area contributed by atoms with Gasteiger partial charge in [-0.15, -0.1) is 0 Å². The summed E-state index contributed by atoms with van der Waals surface area (Å²) in [6.45, 7) is 1.46. The van der Waals surface area contributed by atoms with Gasteiger partial charge in [-0.3, -0.25) is 9.59 Å². The first kappa shape index (κ1) is 30.0. The number of anilines is 1. The van der Waals surface area contributed by atoms with Crippen LogP contribution in [-0.4, -0.2) is 66.2 Å². The lowest BCUT2D eigenvalue weighted by molar-refractivity contribution is -0.262. The minimum Gasteiger partial charge on any atom is -0.368 e. The second-order valence-corrected chi connectivity index (χ2v) is 10.7. The zero-order valence-electron chi connectivity index (χ0n) is 21.8. The average molecular weight is 589 g/mol. The van der Waals surface area contributed by atoms with Crippen molar-refractivity contribution in [2.24, 2.45) is 11.8 Å². The number of carbonyl (C=O) groups is 2. The molecule has 0 bridgehead atoms. The predicted octanol–water partition coefficient (Wildman–Crippen LogP) is 4.67. The number of alkyl halides is 3. The summed E-state index contributed by atoms with van der Waals surface area (Å²) >= 11 is 6.18. The summed E-state index contributed by atoms with van der Waals surface area (Å²) in [5, 5.41) is 13.2. The number of halogens is 6. The maximum atomic E-state index is 13.9. The lowest BCUT2D eigenvalue weighted by Gasteiger charge is -2.40. The van der Waals surface area contributed by atoms with Crippen LogP contribution in [0.5, 0.6) is 0 Å². The molecule has 2 N–H and O–H groups in total. The highest BCUT2D eigenvalue weighted by Crippen LogP contribution is 2.42. The van der Waals surface area contributed by atoms with Crippen molar-refractivity contribution in [1.82, 2.24) is 15.2 Å². The Bertz CT molecular complexity index is 1230. The Balaban J connectivity index is 1.32. The van der Waals surface area contributed by atoms with E-state index in [1.807, 2.05) is 0 Å². The number of nitrogens with zero attached hydrogens (tertiary/aromatic N) is 3. The molecule has 4 rings (SSSR count). The van der Waals surface area contributed by atoms with Crippen LogP contribution in [0.2, 0.25) is 5.15 Å². The Kier molecular flexibility index (Phi) is 8.89. The average Bonchev–Trinajstić information content (AvgIpc) is 2.91. The molecule has 1 atom stereocenters. The number of piperidine rings is 2. The quantitative estimate of drug-likeness (QED) is 0.379. The van der Waals surface area contributed by atoms with Crippen LogP contribution in [0.1, 0.15) is 48.0 Å². The molecule has 0 aliphatic carbocycles. The molecule has 2 aliphatic heterocycles. The SMILES string of the molecule is CNC(=O)c1ccc(N2CCC(CC3CCN(C(=O)C(O)(c4cc(F)cc(F)c4)C(F)(F)F)CC3)CC2)nc1Cl. The normalized spacial score (nSPS) is 18.9. The molecule has 13 heteroatoms. The van der Waals surface area contributed by atoms with E-state index in [0.717, 1.165) is 37.3 Å². The highest BCUT2D eigenvalue weighted by atomic mass is 35.5. The molecule has 3 heterocycles. The zero-order valence-corrected chi connectivity index (χ0v) is 22.5. The standard InChI is InChI=1S/C27H30ClF5N4O3/c1-34-24(38)21-2-3-22(35-23(21)28)36-8-4-16(5-9-36)12-17-6-10-37(11-7-17)25(39)26(40,27(31,32)33)18-13-19(29)15-20(30)14-18/h2-3,13-17,40H,4-12H2,1H3,(H,34,38). The van der Waals surface area contributed by atoms with Gasteiger partial charge in [-0.25, -0.2) is 13.8 Å². The van der Waals surface area contributed by atoms with Gasteiger partial charge in [0.05, 0.1) is 5.56 Å². The molecule has 1 unspecified atom stereocenters. The molecule has 2 aromatic rings. The van der Waals surface area contributed by atoms with Gasteiger partial charge in [0.2, 0.25) is 0 Å². The van der Waals surface area contributed by atoms with Crippen LogP contribution in [0.25, 0.3) is 0 Å². The number of hydrogen-bond donors (Lipinski definition) is 2. The molecule has 1 aromatic carbocycles. The lowest BCUT2D eigenvalue weighted by Crippen LogP contribution is -2.57. The molecule has 0 saturated carbocycles. The van der Waals surface area contributed by atoms with Crippen LogP contribution in [0, 0.1) is 23.5 Å². The molecule has 2 aliphatic rings. The summed E-state index contributed by atoms with van der Waals surface area (Å²) in [5.74, 6) is -3.35. The van der Waals surface area contributed by atoms with Gasteiger partial charge in [0.1, 0.15) is 22.6 Å². The van der Waals surface area contributed by atoms with Gasteiger partial charge in [-0.05, 0) is 68.2 Å². The third-order valence-corrected chi connectivity index (χ3v) is 8.10. The van der Waals surface area contributed by atoms with Crippen LogP contribution in [0.3, 0.4) is 0 Å². The van der Waals surface area contributed by atoms with Gasteiger partial charge in [0, 0.05) is 44.9 Å². The van der Waals surface area contributed by atoms with Crippen molar-refractivity contribution >= 4 is 29.2 Å². The fourth-order valence-electron chi connectivity index (χ4n) is 5.55. The summed E-state index contributed by atoms with van der Waals surface area (Å²) < 4.78 is 69.1. The number of hydrogen-bond acceptors (Lipinski definition) is 5. The molecule has 0 radical (unpaired) electrons. The number of benzene rings is 1. The largest absolute Gasteiger partial charge is 0.430 e. The minimum atomic E-state index is -5.48. The Morgan fingerprint density at radius 1 is 1.00 bits per heavy atom. The van der Waals surface area contributed by atoms with Gasteiger partial charge in [-0.2, -0.15) is 13.2 Å². The molecule has 2 amide bonds. The van der Waals surface area contributed by atoms with Gasteiger partial charge < -0.3 is 20.2 Å². The second-order valence-electron chi connectivity index (χ2n) is 10.4. The molecule has 0 spiro atoms. The number of pyridine rings is 1. The van der Waals surface area contributed by atoms with Crippen LogP contribution in [0.4, 0.5) is 27.8 Å². The summed E-state index contributed by atoms with van der Waals surface area (Å²) in [4.78, 5) is 32.1. The number of rotatable bonds is 6. The van der Waals surface area contributed by atoms with Crippen LogP contribution < -0.4 is 10.2 Å². The fraction of sp³-hybridized carbons (Fsp3) is 0.519. The molecular weight excluding hydrogens is 559 g/mol. The Hall–Kier alpha value is -2.99. The van der Waals surface area contributed by atoms with Crippen molar-refractivity contribution in [3.8, 4) is 0 Å². The van der Waals surface area contributed by atoms with Gasteiger partial charge in [0.15, 0.2) is 0 Å². The van der Waals surface area contributed by atoms with Crippen molar-refractivity contribution in [2.75, 3.05) is 38.1 Å². The summed E-state index contributed by atoms with van der Waals surface area (Å²) in [5.41, 5.74) is -4.94. The number of nitrogens with one attached hydrogen (secondary N) is 1. The first-order valence-electron chi connectivity index (χ1n) is 13.0. The molecule has 7 nitrogen and oxygen atoms in total. The van der Waals surface area contributed by atoms with E-state index >= 15 is 0 Å². The number of carbonyl (C=O) groups excluding carboxylic acids is 2. The fourth-order valence-corrected chi connectivity index (χ4v) is 5.78. The predicted molar refractivity (Wildman–Crippen MR) is 138 cm³/mol. The van der Waals surface area contributed by atoms with E-state index in [9.17, 15) is 36.6 Å². The molecule has 2 fully saturated rings. The van der Waals surface area contributed by atoms with Crippen LogP contribution in [0.15, 0.2) is 30.3 Å². The number of aromatic nitrogens is 1.